The molecule has 0 saturated heterocycles. The van der Waals surface area contributed by atoms with Crippen LogP contribution >= 0.6 is 0 Å². The molecule has 3 rings (SSSR count). The molecular weight excluding hydrogens is 425 g/mol. The van der Waals surface area contributed by atoms with E-state index in [-0.39, 0.29) is 23.9 Å². The number of amides is 1. The number of halogens is 3. The van der Waals surface area contributed by atoms with E-state index in [1.807, 2.05) is 30.3 Å². The summed E-state index contributed by atoms with van der Waals surface area (Å²) in [6, 6.07) is 12.9. The number of carboxylic acid groups (broad SMARTS) is 1. The zero-order valence-corrected chi connectivity index (χ0v) is 17.4. The van der Waals surface area contributed by atoms with E-state index in [2.05, 4.69) is 29.1 Å². The van der Waals surface area contributed by atoms with E-state index in [0.29, 0.717) is 5.56 Å². The van der Waals surface area contributed by atoms with Gasteiger partial charge in [0.2, 0.25) is 0 Å². The Kier molecular flexibility index (Phi) is 8.25. The number of hydrogen-bond donors (Lipinski definition) is 3. The van der Waals surface area contributed by atoms with Gasteiger partial charge in [0.25, 0.3) is 5.91 Å². The van der Waals surface area contributed by atoms with Gasteiger partial charge in [0.1, 0.15) is 0 Å². The predicted octanol–water partition coefficient (Wildman–Crippen LogP) is 3.72. The van der Waals surface area contributed by atoms with E-state index in [1.54, 1.807) is 30.7 Å². The van der Waals surface area contributed by atoms with Crippen LogP contribution < -0.4 is 11.1 Å². The van der Waals surface area contributed by atoms with Crippen LogP contribution in [0.25, 0.3) is 10.9 Å². The SMILES string of the molecule is CC(C)C(N)C(NC(=O)c1ccnc2ccncc12)c1ccccc1.O=C(O)C(F)(F)F. The Bertz CT molecular complexity index is 1050. The number of carbonyl (C=O) groups is 2. The van der Waals surface area contributed by atoms with E-state index in [9.17, 15) is 18.0 Å². The molecule has 7 nitrogen and oxygen atoms in total. The standard InChI is InChI=1S/C20H22N4O.C2HF3O2/c1-13(2)18(21)19(14-6-4-3-5-7-14)24-20(25)15-8-11-23-17-9-10-22-12-16(15)17;3-2(4,5)1(6)7/h3-13,18-19H,21H2,1-2H3,(H,24,25);(H,6,7). The van der Waals surface area contributed by atoms with Gasteiger partial charge in [0, 0.05) is 30.0 Å². The quantitative estimate of drug-likeness (QED) is 0.548. The van der Waals surface area contributed by atoms with Crippen molar-refractivity contribution in [3.05, 3.63) is 72.2 Å². The van der Waals surface area contributed by atoms with Gasteiger partial charge in [0.15, 0.2) is 0 Å². The highest BCUT2D eigenvalue weighted by atomic mass is 19.4. The van der Waals surface area contributed by atoms with E-state index in [0.717, 1.165) is 16.5 Å². The lowest BCUT2D eigenvalue weighted by atomic mass is 9.91. The molecule has 3 aromatic rings. The first kappa shape index (κ1) is 24.7. The zero-order chi connectivity index (χ0) is 23.9. The van der Waals surface area contributed by atoms with Gasteiger partial charge >= 0.3 is 12.1 Å². The summed E-state index contributed by atoms with van der Waals surface area (Å²) in [4.78, 5) is 30.2. The minimum atomic E-state index is -5.08. The van der Waals surface area contributed by atoms with Crippen molar-refractivity contribution in [2.24, 2.45) is 11.7 Å². The minimum Gasteiger partial charge on any atom is -0.475 e. The second kappa shape index (κ2) is 10.7. The number of carboxylic acids is 1. The molecule has 4 N–H and O–H groups in total. The van der Waals surface area contributed by atoms with Crippen molar-refractivity contribution in [3.8, 4) is 0 Å². The molecule has 10 heteroatoms. The monoisotopic (exact) mass is 448 g/mol. The second-order valence-corrected chi connectivity index (χ2v) is 7.24. The van der Waals surface area contributed by atoms with Gasteiger partial charge in [-0.3, -0.25) is 14.8 Å². The Morgan fingerprint density at radius 1 is 1.06 bits per heavy atom. The van der Waals surface area contributed by atoms with Gasteiger partial charge in [-0.05, 0) is 23.6 Å². The maximum Gasteiger partial charge on any atom is 0.490 e. The lowest BCUT2D eigenvalue weighted by molar-refractivity contribution is -0.192. The van der Waals surface area contributed by atoms with Gasteiger partial charge in [-0.15, -0.1) is 0 Å². The molecule has 0 saturated carbocycles. The normalized spacial score (nSPS) is 13.1. The van der Waals surface area contributed by atoms with Crippen molar-refractivity contribution in [3.63, 3.8) is 0 Å². The molecule has 0 aliphatic carbocycles. The van der Waals surface area contributed by atoms with E-state index in [4.69, 9.17) is 15.6 Å². The topological polar surface area (TPSA) is 118 Å². The number of carbonyl (C=O) groups excluding carboxylic acids is 1. The van der Waals surface area contributed by atoms with Crippen LogP contribution in [0.5, 0.6) is 0 Å². The summed E-state index contributed by atoms with van der Waals surface area (Å²) in [6.07, 6.45) is -0.118. The molecule has 1 amide bonds. The summed E-state index contributed by atoms with van der Waals surface area (Å²) in [5.41, 5.74) is 8.68. The van der Waals surface area contributed by atoms with Crippen LogP contribution in [0.3, 0.4) is 0 Å². The van der Waals surface area contributed by atoms with Crippen LogP contribution in [0.2, 0.25) is 0 Å². The number of nitrogens with zero attached hydrogens (tertiary/aromatic N) is 2. The number of alkyl halides is 3. The second-order valence-electron chi connectivity index (χ2n) is 7.24. The summed E-state index contributed by atoms with van der Waals surface area (Å²) < 4.78 is 31.7. The van der Waals surface area contributed by atoms with Crippen LogP contribution in [0.15, 0.2) is 61.1 Å². The van der Waals surface area contributed by atoms with Crippen LogP contribution in [-0.2, 0) is 4.79 Å². The van der Waals surface area contributed by atoms with Crippen molar-refractivity contribution < 1.29 is 27.9 Å². The number of aliphatic carboxylic acids is 1. The molecule has 2 aromatic heterocycles. The van der Waals surface area contributed by atoms with Gasteiger partial charge in [-0.25, -0.2) is 4.79 Å². The van der Waals surface area contributed by atoms with Gasteiger partial charge < -0.3 is 16.2 Å². The summed E-state index contributed by atoms with van der Waals surface area (Å²) in [6.45, 7) is 4.11. The average molecular weight is 448 g/mol. The summed E-state index contributed by atoms with van der Waals surface area (Å²) in [5, 5.41) is 11.0. The average Bonchev–Trinajstić information content (AvgIpc) is 2.76. The fraction of sp³-hybridized carbons (Fsp3) is 0.273. The molecule has 2 unspecified atom stereocenters. The first-order chi connectivity index (χ1) is 15.0. The molecule has 0 aliphatic rings. The maximum absolute atomic E-state index is 12.9. The van der Waals surface area contributed by atoms with E-state index < -0.39 is 12.1 Å². The fourth-order valence-electron chi connectivity index (χ4n) is 2.85. The molecular formula is C22H23F3N4O3. The predicted molar refractivity (Wildman–Crippen MR) is 113 cm³/mol. The van der Waals surface area contributed by atoms with Gasteiger partial charge in [-0.1, -0.05) is 44.2 Å². The Morgan fingerprint density at radius 2 is 1.69 bits per heavy atom. The third-order valence-corrected chi connectivity index (χ3v) is 4.63. The third-order valence-electron chi connectivity index (χ3n) is 4.63. The number of fused-ring (bicyclic) bond motifs is 1. The number of pyridine rings is 2. The summed E-state index contributed by atoms with van der Waals surface area (Å²) >= 11 is 0. The Hall–Kier alpha value is -3.53. The van der Waals surface area contributed by atoms with Crippen LogP contribution in [-0.4, -0.2) is 39.2 Å². The Balaban J connectivity index is 0.000000451. The van der Waals surface area contributed by atoms with Crippen LogP contribution in [0.4, 0.5) is 13.2 Å². The first-order valence-electron chi connectivity index (χ1n) is 9.62. The summed E-state index contributed by atoms with van der Waals surface area (Å²) in [7, 11) is 0. The lowest BCUT2D eigenvalue weighted by Crippen LogP contribution is -2.43. The largest absolute Gasteiger partial charge is 0.490 e. The Labute approximate surface area is 182 Å². The van der Waals surface area contributed by atoms with E-state index in [1.165, 1.54) is 0 Å². The number of benzene rings is 1. The molecule has 0 spiro atoms. The van der Waals surface area contributed by atoms with Crippen LogP contribution in [0, 0.1) is 5.92 Å². The molecule has 2 heterocycles. The Morgan fingerprint density at radius 3 is 2.25 bits per heavy atom. The molecule has 170 valence electrons. The fourth-order valence-corrected chi connectivity index (χ4v) is 2.85. The first-order valence-corrected chi connectivity index (χ1v) is 9.62. The molecule has 32 heavy (non-hydrogen) atoms. The highest BCUT2D eigenvalue weighted by Gasteiger charge is 2.38. The molecule has 1 aromatic carbocycles. The molecule has 2 atom stereocenters. The summed E-state index contributed by atoms with van der Waals surface area (Å²) in [5.74, 6) is -2.71. The zero-order valence-electron chi connectivity index (χ0n) is 17.4. The van der Waals surface area contributed by atoms with Gasteiger partial charge in [-0.2, -0.15) is 13.2 Å². The van der Waals surface area contributed by atoms with Gasteiger partial charge in [0.05, 0.1) is 17.1 Å². The molecule has 0 radical (unpaired) electrons. The smallest absolute Gasteiger partial charge is 0.475 e. The van der Waals surface area contributed by atoms with Crippen molar-refractivity contribution in [2.45, 2.75) is 32.1 Å². The highest BCUT2D eigenvalue weighted by Crippen LogP contribution is 2.22. The number of hydrogen-bond acceptors (Lipinski definition) is 5. The number of nitrogens with one attached hydrogen (secondary N) is 1. The number of rotatable bonds is 5. The van der Waals surface area contributed by atoms with E-state index >= 15 is 0 Å². The van der Waals surface area contributed by atoms with Crippen molar-refractivity contribution >= 4 is 22.8 Å². The van der Waals surface area contributed by atoms with Crippen molar-refractivity contribution in [1.82, 2.24) is 15.3 Å². The lowest BCUT2D eigenvalue weighted by Gasteiger charge is -2.28. The van der Waals surface area contributed by atoms with Crippen molar-refractivity contribution in [2.75, 3.05) is 0 Å². The third kappa shape index (κ3) is 6.48. The minimum absolute atomic E-state index is 0.176. The highest BCUT2D eigenvalue weighted by molar-refractivity contribution is 6.05. The number of aromatic nitrogens is 2. The van der Waals surface area contributed by atoms with Crippen molar-refractivity contribution in [1.29, 1.82) is 0 Å². The molecule has 0 fully saturated rings. The van der Waals surface area contributed by atoms with Crippen LogP contribution in [0.1, 0.15) is 35.8 Å². The maximum atomic E-state index is 12.9. The molecule has 0 aliphatic heterocycles. The molecule has 0 bridgehead atoms. The number of nitrogens with two attached hydrogens (primary N) is 1.